The van der Waals surface area contributed by atoms with Gasteiger partial charge in [0.2, 0.25) is 0 Å². The molecule has 2 aliphatic rings. The fraction of sp³-hybridized carbons (Fsp3) is 0.667. The predicted octanol–water partition coefficient (Wildman–Crippen LogP) is 2.53. The van der Waals surface area contributed by atoms with Gasteiger partial charge < -0.3 is 5.11 Å². The molecule has 0 spiro atoms. The number of sulfone groups is 1. The molecule has 1 atom stereocenters. The van der Waals surface area contributed by atoms with Gasteiger partial charge >= 0.3 is 0 Å². The van der Waals surface area contributed by atoms with E-state index in [-0.39, 0.29) is 11.8 Å². The van der Waals surface area contributed by atoms with Gasteiger partial charge in [0.1, 0.15) is 5.75 Å². The van der Waals surface area contributed by atoms with Crippen LogP contribution in [0.5, 0.6) is 5.75 Å². The molecular formula is C18H27NO3S. The van der Waals surface area contributed by atoms with Gasteiger partial charge in [0.25, 0.3) is 0 Å². The van der Waals surface area contributed by atoms with Crippen LogP contribution in [-0.2, 0) is 29.2 Å². The average Bonchev–Trinajstić information content (AvgIpc) is 3.03. The molecule has 128 valence electrons. The highest BCUT2D eigenvalue weighted by Crippen LogP contribution is 2.31. The number of rotatable bonds is 5. The minimum Gasteiger partial charge on any atom is -0.508 e. The Morgan fingerprint density at radius 2 is 1.96 bits per heavy atom. The topological polar surface area (TPSA) is 57.6 Å². The fourth-order valence-electron chi connectivity index (χ4n) is 3.88. The van der Waals surface area contributed by atoms with E-state index >= 15 is 0 Å². The van der Waals surface area contributed by atoms with Crippen LogP contribution in [0.4, 0.5) is 0 Å². The van der Waals surface area contributed by atoms with Gasteiger partial charge in [0.05, 0.1) is 11.5 Å². The Balaban J connectivity index is 1.81. The third-order valence-electron chi connectivity index (χ3n) is 4.99. The van der Waals surface area contributed by atoms with Gasteiger partial charge in [-0.3, -0.25) is 4.90 Å². The third-order valence-corrected chi connectivity index (χ3v) is 6.74. The Labute approximate surface area is 139 Å². The summed E-state index contributed by atoms with van der Waals surface area (Å²) in [6.45, 7) is 5.80. The number of phenolic OH excluding ortho intramolecular Hbond substituents is 1. The van der Waals surface area contributed by atoms with Crippen LogP contribution in [-0.4, -0.2) is 42.5 Å². The molecule has 1 aliphatic heterocycles. The molecule has 0 saturated carbocycles. The minimum absolute atomic E-state index is 0.0788. The standard InChI is InChI=1S/C18H27NO3S/c1-13(2)10-19(17-6-7-23(21,22)12-17)11-16-8-14-4-3-5-15(14)9-18(16)20/h8-9,13,17,20H,3-7,10-12H2,1-2H3. The summed E-state index contributed by atoms with van der Waals surface area (Å²) in [7, 11) is -2.89. The Kier molecular flexibility index (Phi) is 4.70. The molecule has 1 unspecified atom stereocenters. The molecule has 1 heterocycles. The third kappa shape index (κ3) is 3.89. The van der Waals surface area contributed by atoms with E-state index in [1.54, 1.807) is 0 Å². The lowest BCUT2D eigenvalue weighted by molar-refractivity contribution is 0.179. The summed E-state index contributed by atoms with van der Waals surface area (Å²) in [6.07, 6.45) is 4.01. The Morgan fingerprint density at radius 3 is 2.57 bits per heavy atom. The SMILES string of the molecule is CC(C)CN(Cc1cc2c(cc1O)CCC2)C1CCS(=O)(=O)C1. The van der Waals surface area contributed by atoms with E-state index in [0.717, 1.165) is 31.4 Å². The van der Waals surface area contributed by atoms with Crippen LogP contribution in [0.15, 0.2) is 12.1 Å². The van der Waals surface area contributed by atoms with Crippen molar-refractivity contribution in [1.82, 2.24) is 4.90 Å². The molecule has 1 aliphatic carbocycles. The maximum Gasteiger partial charge on any atom is 0.151 e. The first kappa shape index (κ1) is 16.8. The first-order valence-corrected chi connectivity index (χ1v) is 10.4. The molecule has 0 aromatic heterocycles. The zero-order valence-corrected chi connectivity index (χ0v) is 14.9. The molecule has 23 heavy (non-hydrogen) atoms. The van der Waals surface area contributed by atoms with E-state index in [9.17, 15) is 13.5 Å². The Hall–Kier alpha value is -1.07. The highest BCUT2D eigenvalue weighted by Gasteiger charge is 2.33. The summed E-state index contributed by atoms with van der Waals surface area (Å²) in [5, 5.41) is 10.4. The van der Waals surface area contributed by atoms with Crippen molar-refractivity contribution in [3.63, 3.8) is 0 Å². The molecule has 1 fully saturated rings. The van der Waals surface area contributed by atoms with Gasteiger partial charge in [-0.05, 0) is 48.8 Å². The molecule has 3 rings (SSSR count). The molecule has 1 aromatic rings. The van der Waals surface area contributed by atoms with Crippen molar-refractivity contribution < 1.29 is 13.5 Å². The van der Waals surface area contributed by atoms with E-state index < -0.39 is 9.84 Å². The van der Waals surface area contributed by atoms with Gasteiger partial charge in [-0.25, -0.2) is 8.42 Å². The van der Waals surface area contributed by atoms with Crippen molar-refractivity contribution in [2.45, 2.75) is 52.1 Å². The fourth-order valence-corrected chi connectivity index (χ4v) is 5.64. The van der Waals surface area contributed by atoms with E-state index in [4.69, 9.17) is 0 Å². The number of fused-ring (bicyclic) bond motifs is 1. The van der Waals surface area contributed by atoms with Crippen LogP contribution < -0.4 is 0 Å². The summed E-state index contributed by atoms with van der Waals surface area (Å²) in [5.41, 5.74) is 3.56. The predicted molar refractivity (Wildman–Crippen MR) is 92.4 cm³/mol. The van der Waals surface area contributed by atoms with Gasteiger partial charge in [0, 0.05) is 24.7 Å². The summed E-state index contributed by atoms with van der Waals surface area (Å²) >= 11 is 0. The lowest BCUT2D eigenvalue weighted by atomic mass is 10.0. The van der Waals surface area contributed by atoms with Crippen LogP contribution >= 0.6 is 0 Å². The molecule has 0 radical (unpaired) electrons. The Bertz CT molecular complexity index is 682. The van der Waals surface area contributed by atoms with Crippen LogP contribution in [0.25, 0.3) is 0 Å². The molecule has 0 bridgehead atoms. The summed E-state index contributed by atoms with van der Waals surface area (Å²) in [5.74, 6) is 1.38. The van der Waals surface area contributed by atoms with E-state index in [2.05, 4.69) is 24.8 Å². The summed E-state index contributed by atoms with van der Waals surface area (Å²) in [4.78, 5) is 2.26. The number of hydrogen-bond acceptors (Lipinski definition) is 4. The molecule has 1 saturated heterocycles. The maximum absolute atomic E-state index is 11.8. The second-order valence-corrected chi connectivity index (χ2v) is 9.71. The van der Waals surface area contributed by atoms with E-state index in [1.807, 2.05) is 6.07 Å². The largest absolute Gasteiger partial charge is 0.508 e. The van der Waals surface area contributed by atoms with Crippen molar-refractivity contribution in [3.8, 4) is 5.75 Å². The van der Waals surface area contributed by atoms with Gasteiger partial charge in [-0.2, -0.15) is 0 Å². The summed E-state index contributed by atoms with van der Waals surface area (Å²) < 4.78 is 23.7. The number of hydrogen-bond donors (Lipinski definition) is 1. The van der Waals surface area contributed by atoms with Gasteiger partial charge in [-0.1, -0.05) is 19.9 Å². The number of aryl methyl sites for hydroxylation is 2. The molecule has 1 aromatic carbocycles. The maximum atomic E-state index is 11.8. The first-order chi connectivity index (χ1) is 10.8. The molecule has 0 amide bonds. The lowest BCUT2D eigenvalue weighted by Crippen LogP contribution is -2.38. The van der Waals surface area contributed by atoms with Crippen molar-refractivity contribution >= 4 is 9.84 Å². The van der Waals surface area contributed by atoms with Gasteiger partial charge in [0.15, 0.2) is 9.84 Å². The summed E-state index contributed by atoms with van der Waals surface area (Å²) in [6, 6.07) is 4.13. The molecule has 1 N–H and O–H groups in total. The molecule has 4 nitrogen and oxygen atoms in total. The average molecular weight is 337 g/mol. The first-order valence-electron chi connectivity index (χ1n) is 8.62. The van der Waals surface area contributed by atoms with Crippen LogP contribution in [0.2, 0.25) is 0 Å². The monoisotopic (exact) mass is 337 g/mol. The zero-order chi connectivity index (χ0) is 16.6. The molecular weight excluding hydrogens is 310 g/mol. The normalized spacial score (nSPS) is 22.9. The Morgan fingerprint density at radius 1 is 1.26 bits per heavy atom. The van der Waals surface area contributed by atoms with E-state index in [0.29, 0.717) is 30.4 Å². The van der Waals surface area contributed by atoms with Crippen molar-refractivity contribution in [3.05, 3.63) is 28.8 Å². The minimum atomic E-state index is -2.89. The highest BCUT2D eigenvalue weighted by atomic mass is 32.2. The lowest BCUT2D eigenvalue weighted by Gasteiger charge is -2.30. The number of phenols is 1. The van der Waals surface area contributed by atoms with Crippen molar-refractivity contribution in [2.75, 3.05) is 18.1 Å². The second kappa shape index (κ2) is 6.44. The van der Waals surface area contributed by atoms with Crippen LogP contribution in [0.1, 0.15) is 43.4 Å². The van der Waals surface area contributed by atoms with Crippen LogP contribution in [0, 0.1) is 5.92 Å². The quantitative estimate of drug-likeness (QED) is 0.897. The highest BCUT2D eigenvalue weighted by molar-refractivity contribution is 7.91. The van der Waals surface area contributed by atoms with Crippen molar-refractivity contribution in [2.24, 2.45) is 5.92 Å². The van der Waals surface area contributed by atoms with Gasteiger partial charge in [-0.15, -0.1) is 0 Å². The second-order valence-electron chi connectivity index (χ2n) is 7.48. The zero-order valence-electron chi connectivity index (χ0n) is 14.1. The van der Waals surface area contributed by atoms with Crippen LogP contribution in [0.3, 0.4) is 0 Å². The molecule has 5 heteroatoms. The number of aromatic hydroxyl groups is 1. The van der Waals surface area contributed by atoms with Crippen molar-refractivity contribution in [1.29, 1.82) is 0 Å². The smallest absolute Gasteiger partial charge is 0.151 e. The number of nitrogens with zero attached hydrogens (tertiary/aromatic N) is 1. The number of benzene rings is 1. The van der Waals surface area contributed by atoms with E-state index in [1.165, 1.54) is 11.1 Å².